The topological polar surface area (TPSA) is 78.9 Å². The first-order valence-electron chi connectivity index (χ1n) is 26.4. The number of ether oxygens (including phenoxy) is 3. The Labute approximate surface area is 368 Å². The number of carbonyl (C=O) groups excluding carboxylic acids is 3. The number of rotatable bonds is 48. The Hall–Kier alpha value is -1.59. The van der Waals surface area contributed by atoms with E-state index in [1.807, 2.05) is 0 Å². The lowest BCUT2D eigenvalue weighted by atomic mass is 10.0. The molecule has 0 saturated heterocycles. The summed E-state index contributed by atoms with van der Waals surface area (Å²) in [7, 11) is 0. The molecule has 0 aliphatic heterocycles. The molecule has 0 aromatic heterocycles. The summed E-state index contributed by atoms with van der Waals surface area (Å²) in [6.45, 7) is 8.98. The van der Waals surface area contributed by atoms with Crippen LogP contribution in [0.2, 0.25) is 0 Å². The molecule has 0 spiro atoms. The van der Waals surface area contributed by atoms with E-state index in [1.54, 1.807) is 0 Å². The van der Waals surface area contributed by atoms with Gasteiger partial charge in [-0.3, -0.25) is 14.4 Å². The third kappa shape index (κ3) is 47.3. The van der Waals surface area contributed by atoms with Gasteiger partial charge < -0.3 is 14.2 Å². The molecule has 0 aromatic carbocycles. The van der Waals surface area contributed by atoms with Crippen LogP contribution in [0, 0.1) is 5.92 Å². The van der Waals surface area contributed by atoms with Gasteiger partial charge in [-0.15, -0.1) is 0 Å². The Morgan fingerprint density at radius 2 is 0.559 bits per heavy atom. The van der Waals surface area contributed by atoms with Crippen molar-refractivity contribution in [3.63, 3.8) is 0 Å². The predicted molar refractivity (Wildman–Crippen MR) is 252 cm³/mol. The van der Waals surface area contributed by atoms with Gasteiger partial charge in [-0.1, -0.05) is 259 Å². The van der Waals surface area contributed by atoms with Crippen LogP contribution in [0.25, 0.3) is 0 Å². The SMILES string of the molecule is CCCCCCCCCCCCCCCCCCCCC(=O)OC[C@H](COC(=O)CCCCCCCCCCCCCCC)OC(=O)CCCCCCCCCC(C)C. The summed E-state index contributed by atoms with van der Waals surface area (Å²) in [5.74, 6) is -0.0692. The van der Waals surface area contributed by atoms with Crippen LogP contribution in [0.15, 0.2) is 0 Å². The van der Waals surface area contributed by atoms with Crippen molar-refractivity contribution in [2.75, 3.05) is 13.2 Å². The molecule has 0 saturated carbocycles. The van der Waals surface area contributed by atoms with Crippen LogP contribution in [0.1, 0.15) is 297 Å². The highest BCUT2D eigenvalue weighted by atomic mass is 16.6. The van der Waals surface area contributed by atoms with Crippen LogP contribution in [-0.2, 0) is 28.6 Å². The molecule has 0 N–H and O–H groups in total. The van der Waals surface area contributed by atoms with Gasteiger partial charge in [-0.05, 0) is 25.2 Å². The summed E-state index contributed by atoms with van der Waals surface area (Å²) in [5.41, 5.74) is 0. The van der Waals surface area contributed by atoms with Crippen molar-refractivity contribution >= 4 is 17.9 Å². The molecule has 0 unspecified atom stereocenters. The fraction of sp³-hybridized carbons (Fsp3) is 0.943. The second kappa shape index (κ2) is 47.5. The van der Waals surface area contributed by atoms with Crippen LogP contribution in [0.4, 0.5) is 0 Å². The summed E-state index contributed by atoms with van der Waals surface area (Å²) in [6, 6.07) is 0. The van der Waals surface area contributed by atoms with Gasteiger partial charge in [-0.25, -0.2) is 0 Å². The smallest absolute Gasteiger partial charge is 0.306 e. The number of unbranched alkanes of at least 4 members (excludes halogenated alkanes) is 35. The second-order valence-corrected chi connectivity index (χ2v) is 18.6. The zero-order valence-corrected chi connectivity index (χ0v) is 40.2. The molecule has 0 amide bonds. The Kier molecular flexibility index (Phi) is 46.2. The average molecular weight is 835 g/mol. The molecule has 350 valence electrons. The van der Waals surface area contributed by atoms with Gasteiger partial charge in [0.1, 0.15) is 13.2 Å². The molecule has 6 nitrogen and oxygen atoms in total. The van der Waals surface area contributed by atoms with Crippen LogP contribution in [0.5, 0.6) is 0 Å². The van der Waals surface area contributed by atoms with E-state index in [2.05, 4.69) is 27.7 Å². The monoisotopic (exact) mass is 835 g/mol. The van der Waals surface area contributed by atoms with E-state index in [-0.39, 0.29) is 31.1 Å². The first-order valence-corrected chi connectivity index (χ1v) is 26.4. The maximum Gasteiger partial charge on any atom is 0.306 e. The fourth-order valence-electron chi connectivity index (χ4n) is 8.04. The summed E-state index contributed by atoms with van der Waals surface area (Å²) >= 11 is 0. The van der Waals surface area contributed by atoms with E-state index in [0.29, 0.717) is 19.3 Å². The van der Waals surface area contributed by atoms with Crippen molar-refractivity contribution in [2.45, 2.75) is 303 Å². The Morgan fingerprint density at radius 3 is 0.831 bits per heavy atom. The van der Waals surface area contributed by atoms with Gasteiger partial charge in [0.15, 0.2) is 6.10 Å². The first-order chi connectivity index (χ1) is 28.9. The lowest BCUT2D eigenvalue weighted by molar-refractivity contribution is -0.167. The minimum absolute atomic E-state index is 0.0635. The van der Waals surface area contributed by atoms with Gasteiger partial charge in [0.05, 0.1) is 0 Å². The zero-order chi connectivity index (χ0) is 43.1. The molecule has 0 aromatic rings. The molecular weight excluding hydrogens is 733 g/mol. The summed E-state index contributed by atoms with van der Waals surface area (Å²) in [6.07, 6.45) is 49.6. The van der Waals surface area contributed by atoms with Crippen molar-refractivity contribution in [3.8, 4) is 0 Å². The van der Waals surface area contributed by atoms with Gasteiger partial charge in [-0.2, -0.15) is 0 Å². The van der Waals surface area contributed by atoms with Crippen LogP contribution < -0.4 is 0 Å². The molecule has 6 heteroatoms. The van der Waals surface area contributed by atoms with E-state index in [4.69, 9.17) is 14.2 Å². The zero-order valence-electron chi connectivity index (χ0n) is 40.2. The Morgan fingerprint density at radius 1 is 0.322 bits per heavy atom. The third-order valence-corrected chi connectivity index (χ3v) is 12.0. The van der Waals surface area contributed by atoms with Crippen LogP contribution in [0.3, 0.4) is 0 Å². The van der Waals surface area contributed by atoms with Crippen molar-refractivity contribution in [3.05, 3.63) is 0 Å². The average Bonchev–Trinajstić information content (AvgIpc) is 3.22. The molecule has 1 atom stereocenters. The number of hydrogen-bond donors (Lipinski definition) is 0. The first kappa shape index (κ1) is 57.4. The van der Waals surface area contributed by atoms with Gasteiger partial charge in [0, 0.05) is 19.3 Å². The molecule has 0 bridgehead atoms. The van der Waals surface area contributed by atoms with Crippen LogP contribution in [-0.4, -0.2) is 37.2 Å². The van der Waals surface area contributed by atoms with E-state index in [1.165, 1.54) is 193 Å². The molecule has 0 aliphatic carbocycles. The highest BCUT2D eigenvalue weighted by Crippen LogP contribution is 2.17. The van der Waals surface area contributed by atoms with Crippen molar-refractivity contribution in [1.82, 2.24) is 0 Å². The number of hydrogen-bond acceptors (Lipinski definition) is 6. The highest BCUT2D eigenvalue weighted by molar-refractivity contribution is 5.71. The molecule has 0 radical (unpaired) electrons. The van der Waals surface area contributed by atoms with Gasteiger partial charge >= 0.3 is 17.9 Å². The number of carbonyl (C=O) groups is 3. The Bertz CT molecular complexity index is 887. The molecular formula is C53H102O6. The fourth-order valence-corrected chi connectivity index (χ4v) is 8.04. The molecule has 0 rings (SSSR count). The quantitative estimate of drug-likeness (QED) is 0.0345. The van der Waals surface area contributed by atoms with E-state index in [0.717, 1.165) is 63.7 Å². The lowest BCUT2D eigenvalue weighted by Gasteiger charge is -2.18. The summed E-state index contributed by atoms with van der Waals surface area (Å²) in [4.78, 5) is 37.9. The van der Waals surface area contributed by atoms with Crippen LogP contribution >= 0.6 is 0 Å². The van der Waals surface area contributed by atoms with E-state index < -0.39 is 6.10 Å². The van der Waals surface area contributed by atoms with E-state index >= 15 is 0 Å². The molecule has 0 heterocycles. The van der Waals surface area contributed by atoms with Gasteiger partial charge in [0.25, 0.3) is 0 Å². The summed E-state index contributed by atoms with van der Waals surface area (Å²) in [5, 5.41) is 0. The second-order valence-electron chi connectivity index (χ2n) is 18.6. The van der Waals surface area contributed by atoms with Crippen molar-refractivity contribution in [1.29, 1.82) is 0 Å². The minimum Gasteiger partial charge on any atom is -0.462 e. The van der Waals surface area contributed by atoms with Crippen molar-refractivity contribution in [2.24, 2.45) is 5.92 Å². The Balaban J connectivity index is 4.23. The molecule has 0 aliphatic rings. The molecule has 59 heavy (non-hydrogen) atoms. The maximum absolute atomic E-state index is 12.7. The largest absolute Gasteiger partial charge is 0.462 e. The maximum atomic E-state index is 12.7. The van der Waals surface area contributed by atoms with E-state index in [9.17, 15) is 14.4 Å². The minimum atomic E-state index is -0.761. The highest BCUT2D eigenvalue weighted by Gasteiger charge is 2.19. The van der Waals surface area contributed by atoms with Crippen molar-refractivity contribution < 1.29 is 28.6 Å². The summed E-state index contributed by atoms with van der Waals surface area (Å²) < 4.78 is 16.8. The standard InChI is InChI=1S/C53H102O6/c1-5-7-9-11-13-15-17-19-20-21-22-23-25-27-29-33-37-41-45-52(55)58-48-50(59-53(56)46-42-38-34-30-31-35-39-43-49(3)4)47-57-51(54)44-40-36-32-28-26-24-18-16-14-12-10-8-6-2/h49-50H,5-48H2,1-4H3/t50-/m0/s1. The molecule has 0 fully saturated rings. The third-order valence-electron chi connectivity index (χ3n) is 12.0. The van der Waals surface area contributed by atoms with Gasteiger partial charge in [0.2, 0.25) is 0 Å². The predicted octanol–water partition coefficient (Wildman–Crippen LogP) is 17.1. The normalized spacial score (nSPS) is 11.9. The number of esters is 3. The lowest BCUT2D eigenvalue weighted by Crippen LogP contribution is -2.30.